The van der Waals surface area contributed by atoms with Crippen molar-refractivity contribution in [3.8, 4) is 22.9 Å². The average Bonchev–Trinajstić information content (AvgIpc) is 3.03. The molecule has 6 heteroatoms. The lowest BCUT2D eigenvalue weighted by Crippen LogP contribution is -2.42. The summed E-state index contributed by atoms with van der Waals surface area (Å²) in [6.45, 7) is 10.5. The first-order valence-electron chi connectivity index (χ1n) is 10.3. The van der Waals surface area contributed by atoms with Gasteiger partial charge in [0.15, 0.2) is 0 Å². The lowest BCUT2D eigenvalue weighted by molar-refractivity contribution is 0.0455. The van der Waals surface area contributed by atoms with Gasteiger partial charge in [-0.25, -0.2) is 9.07 Å². The first kappa shape index (κ1) is 22.7. The molecule has 1 heterocycles. The summed E-state index contributed by atoms with van der Waals surface area (Å²) in [7, 11) is 1.81. The summed E-state index contributed by atoms with van der Waals surface area (Å²) in [4.78, 5) is 2.14. The fourth-order valence-electron chi connectivity index (χ4n) is 3.39. The van der Waals surface area contributed by atoms with Crippen LogP contribution in [0.2, 0.25) is 0 Å². The molecule has 0 aliphatic carbocycles. The van der Waals surface area contributed by atoms with Gasteiger partial charge in [0.2, 0.25) is 5.88 Å². The highest BCUT2D eigenvalue weighted by Crippen LogP contribution is 2.35. The Labute approximate surface area is 183 Å². The lowest BCUT2D eigenvalue weighted by atomic mass is 10.0. The number of aromatic nitrogens is 2. The second kappa shape index (κ2) is 9.45. The van der Waals surface area contributed by atoms with E-state index < -0.39 is 5.60 Å². The molecule has 2 aromatic carbocycles. The normalized spacial score (nSPS) is 13.4. The number of hydrogen-bond donors (Lipinski definition) is 1. The third-order valence-corrected chi connectivity index (χ3v) is 5.20. The van der Waals surface area contributed by atoms with Crippen LogP contribution < -0.4 is 4.74 Å². The summed E-state index contributed by atoms with van der Waals surface area (Å²) >= 11 is 0. The number of hydrogen-bond acceptors (Lipinski definition) is 4. The molecule has 0 spiro atoms. The third-order valence-electron chi connectivity index (χ3n) is 5.20. The van der Waals surface area contributed by atoms with Gasteiger partial charge >= 0.3 is 0 Å². The molecule has 0 amide bonds. The highest BCUT2D eigenvalue weighted by Gasteiger charge is 2.27. The van der Waals surface area contributed by atoms with Gasteiger partial charge in [-0.05, 0) is 32.9 Å². The Kier molecular flexibility index (Phi) is 6.93. The summed E-state index contributed by atoms with van der Waals surface area (Å²) in [5, 5.41) is 15.3. The molecule has 1 atom stereocenters. The molecule has 3 rings (SSSR count). The Bertz CT molecular complexity index is 1030. The quantitative estimate of drug-likeness (QED) is 0.483. The molecule has 0 radical (unpaired) electrons. The standard InChI is InChI=1S/C25H30FN3O2/c1-6-25(4,30)17-29(18(2)3)16-22-23(19-11-8-7-9-12-19)27-28(5)24(22)31-21-14-10-13-20(26)15-21/h6-15,18,30H,1,16-17H2,2-5H3. The van der Waals surface area contributed by atoms with E-state index in [1.54, 1.807) is 29.8 Å². The van der Waals surface area contributed by atoms with E-state index >= 15 is 0 Å². The van der Waals surface area contributed by atoms with Crippen LogP contribution in [0.3, 0.4) is 0 Å². The largest absolute Gasteiger partial charge is 0.439 e. The summed E-state index contributed by atoms with van der Waals surface area (Å²) in [6, 6.07) is 16.1. The Morgan fingerprint density at radius 2 is 1.94 bits per heavy atom. The van der Waals surface area contributed by atoms with Gasteiger partial charge in [-0.2, -0.15) is 5.10 Å². The Hall–Kier alpha value is -2.96. The molecular weight excluding hydrogens is 393 g/mol. The number of nitrogens with zero attached hydrogens (tertiary/aromatic N) is 3. The van der Waals surface area contributed by atoms with Crippen molar-refractivity contribution in [2.75, 3.05) is 6.54 Å². The highest BCUT2D eigenvalue weighted by atomic mass is 19.1. The molecule has 0 saturated carbocycles. The van der Waals surface area contributed by atoms with Crippen LogP contribution in [-0.2, 0) is 13.6 Å². The summed E-state index contributed by atoms with van der Waals surface area (Å²) in [5.74, 6) is 0.571. The Morgan fingerprint density at radius 1 is 1.23 bits per heavy atom. The lowest BCUT2D eigenvalue weighted by Gasteiger charge is -2.32. The van der Waals surface area contributed by atoms with Crippen molar-refractivity contribution in [1.29, 1.82) is 0 Å². The highest BCUT2D eigenvalue weighted by molar-refractivity contribution is 5.65. The maximum absolute atomic E-state index is 13.7. The van der Waals surface area contributed by atoms with E-state index in [4.69, 9.17) is 9.84 Å². The van der Waals surface area contributed by atoms with E-state index in [1.165, 1.54) is 12.1 Å². The van der Waals surface area contributed by atoms with Crippen molar-refractivity contribution < 1.29 is 14.2 Å². The third kappa shape index (κ3) is 5.60. The second-order valence-electron chi connectivity index (χ2n) is 8.24. The van der Waals surface area contributed by atoms with Gasteiger partial charge in [0.25, 0.3) is 0 Å². The van der Waals surface area contributed by atoms with Crippen molar-refractivity contribution in [2.24, 2.45) is 7.05 Å². The van der Waals surface area contributed by atoms with Crippen molar-refractivity contribution in [2.45, 2.75) is 39.0 Å². The smallest absolute Gasteiger partial charge is 0.222 e. The zero-order valence-electron chi connectivity index (χ0n) is 18.5. The van der Waals surface area contributed by atoms with Crippen LogP contribution in [0.25, 0.3) is 11.3 Å². The zero-order valence-corrected chi connectivity index (χ0v) is 18.5. The number of benzene rings is 2. The van der Waals surface area contributed by atoms with Crippen molar-refractivity contribution in [3.05, 3.63) is 78.6 Å². The minimum absolute atomic E-state index is 0.150. The molecule has 0 saturated heterocycles. The van der Waals surface area contributed by atoms with E-state index in [1.807, 2.05) is 37.4 Å². The van der Waals surface area contributed by atoms with E-state index in [9.17, 15) is 9.50 Å². The van der Waals surface area contributed by atoms with Gasteiger partial charge in [-0.15, -0.1) is 6.58 Å². The Balaban J connectivity index is 2.07. The van der Waals surface area contributed by atoms with Crippen molar-refractivity contribution >= 4 is 0 Å². The van der Waals surface area contributed by atoms with Gasteiger partial charge < -0.3 is 9.84 Å². The number of ether oxygens (including phenoxy) is 1. The topological polar surface area (TPSA) is 50.5 Å². The number of halogens is 1. The SMILES string of the molecule is C=CC(C)(O)CN(Cc1c(-c2ccccc2)nn(C)c1Oc1cccc(F)c1)C(C)C. The monoisotopic (exact) mass is 423 g/mol. The van der Waals surface area contributed by atoms with E-state index in [0.29, 0.717) is 24.7 Å². The second-order valence-corrected chi connectivity index (χ2v) is 8.24. The van der Waals surface area contributed by atoms with Crippen LogP contribution in [0.5, 0.6) is 11.6 Å². The molecule has 0 bridgehead atoms. The molecule has 5 nitrogen and oxygen atoms in total. The Morgan fingerprint density at radius 3 is 2.55 bits per heavy atom. The van der Waals surface area contributed by atoms with Crippen LogP contribution in [0, 0.1) is 5.82 Å². The summed E-state index contributed by atoms with van der Waals surface area (Å²) < 4.78 is 21.5. The molecule has 1 aromatic heterocycles. The molecular formula is C25H30FN3O2. The zero-order chi connectivity index (χ0) is 22.6. The van der Waals surface area contributed by atoms with Crippen LogP contribution in [0.1, 0.15) is 26.3 Å². The van der Waals surface area contributed by atoms with E-state index in [2.05, 4.69) is 25.3 Å². The molecule has 31 heavy (non-hydrogen) atoms. The fourth-order valence-corrected chi connectivity index (χ4v) is 3.39. The van der Waals surface area contributed by atoms with Crippen LogP contribution >= 0.6 is 0 Å². The molecule has 1 N–H and O–H groups in total. The van der Waals surface area contributed by atoms with Gasteiger partial charge in [-0.1, -0.05) is 42.5 Å². The molecule has 3 aromatic rings. The van der Waals surface area contributed by atoms with E-state index in [0.717, 1.165) is 16.8 Å². The predicted molar refractivity (Wildman–Crippen MR) is 121 cm³/mol. The van der Waals surface area contributed by atoms with Crippen LogP contribution in [0.15, 0.2) is 67.3 Å². The number of rotatable bonds is 9. The maximum atomic E-state index is 13.7. The van der Waals surface area contributed by atoms with Crippen molar-refractivity contribution in [1.82, 2.24) is 14.7 Å². The predicted octanol–water partition coefficient (Wildman–Crippen LogP) is 5.17. The number of aryl methyl sites for hydroxylation is 1. The van der Waals surface area contributed by atoms with Gasteiger partial charge in [-0.3, -0.25) is 4.90 Å². The molecule has 1 unspecified atom stereocenters. The number of aliphatic hydroxyl groups is 1. The van der Waals surface area contributed by atoms with E-state index in [-0.39, 0.29) is 11.9 Å². The van der Waals surface area contributed by atoms with Gasteiger partial charge in [0.1, 0.15) is 17.3 Å². The summed E-state index contributed by atoms with van der Waals surface area (Å²) in [5.41, 5.74) is 1.58. The van der Waals surface area contributed by atoms with Crippen molar-refractivity contribution in [3.63, 3.8) is 0 Å². The average molecular weight is 424 g/mol. The fraction of sp³-hybridized carbons (Fsp3) is 0.320. The summed E-state index contributed by atoms with van der Waals surface area (Å²) in [6.07, 6.45) is 1.55. The van der Waals surface area contributed by atoms with Crippen LogP contribution in [0.4, 0.5) is 4.39 Å². The van der Waals surface area contributed by atoms with Crippen LogP contribution in [-0.4, -0.2) is 38.0 Å². The molecule has 0 aliphatic rings. The first-order chi connectivity index (χ1) is 14.7. The van der Waals surface area contributed by atoms with Gasteiger partial charge in [0.05, 0.1) is 11.2 Å². The molecule has 0 aliphatic heterocycles. The first-order valence-corrected chi connectivity index (χ1v) is 10.3. The molecule has 0 fully saturated rings. The minimum atomic E-state index is -1.04. The molecule has 164 valence electrons. The minimum Gasteiger partial charge on any atom is -0.439 e. The maximum Gasteiger partial charge on any atom is 0.222 e. The van der Waals surface area contributed by atoms with Gasteiger partial charge in [0, 0.05) is 37.8 Å².